The minimum Gasteiger partial charge on any atom is -0.310 e. The Hall–Kier alpha value is -7.20. The Morgan fingerprint density at radius 2 is 0.862 bits per heavy atom. The van der Waals surface area contributed by atoms with Crippen LogP contribution < -0.4 is 9.80 Å². The van der Waals surface area contributed by atoms with Gasteiger partial charge in [-0.25, -0.2) is 0 Å². The molecule has 9 aromatic carbocycles. The Morgan fingerprint density at radius 3 is 1.60 bits per heavy atom. The lowest BCUT2D eigenvalue weighted by Crippen LogP contribution is -2.26. The molecule has 1 atom stereocenters. The van der Waals surface area contributed by atoms with E-state index in [0.717, 1.165) is 33.8 Å². The van der Waals surface area contributed by atoms with Crippen molar-refractivity contribution in [2.45, 2.75) is 5.41 Å². The maximum absolute atomic E-state index is 9.06. The van der Waals surface area contributed by atoms with Gasteiger partial charge in [0, 0.05) is 54.3 Å². The minimum absolute atomic E-state index is 0.101. The first kappa shape index (κ1) is 28.2. The van der Waals surface area contributed by atoms with Gasteiger partial charge in [0.05, 0.1) is 12.3 Å². The van der Waals surface area contributed by atoms with Crippen LogP contribution >= 0.6 is 11.3 Å². The summed E-state index contributed by atoms with van der Waals surface area (Å²) in [5.74, 6) is 0. The molecule has 0 saturated heterocycles. The molecule has 12 rings (SSSR count). The molecule has 1 aromatic heterocycles. The molecule has 0 radical (unpaired) electrons. The zero-order valence-corrected chi connectivity index (χ0v) is 32.0. The number of rotatable bonds is 6. The molecule has 0 fully saturated rings. The second-order valence-corrected chi connectivity index (χ2v) is 16.0. The molecule has 10 aromatic rings. The molecule has 0 saturated carbocycles. The van der Waals surface area contributed by atoms with Crippen molar-refractivity contribution in [3.63, 3.8) is 0 Å². The van der Waals surface area contributed by atoms with Crippen molar-refractivity contribution in [2.75, 3.05) is 9.80 Å². The maximum atomic E-state index is 9.06. The van der Waals surface area contributed by atoms with Crippen molar-refractivity contribution in [1.29, 1.82) is 0 Å². The lowest BCUT2D eigenvalue weighted by Gasteiger charge is -2.32. The summed E-state index contributed by atoms with van der Waals surface area (Å²) in [4.78, 5) is 4.17. The summed E-state index contributed by atoms with van der Waals surface area (Å²) in [7, 11) is 0. The smallest absolute Gasteiger partial charge is 0.0726 e. The number of fused-ring (bicyclic) bond motifs is 13. The van der Waals surface area contributed by atoms with Gasteiger partial charge in [0.1, 0.15) is 0 Å². The highest BCUT2D eigenvalue weighted by molar-refractivity contribution is 7.25. The Balaban J connectivity index is 1.10. The van der Waals surface area contributed by atoms with Gasteiger partial charge in [-0.3, -0.25) is 0 Å². The van der Waals surface area contributed by atoms with E-state index in [2.05, 4.69) is 157 Å². The van der Waals surface area contributed by atoms with E-state index in [4.69, 9.17) is 6.85 Å². The normalized spacial score (nSPS) is 15.8. The monoisotopic (exact) mass is 761 g/mol. The lowest BCUT2D eigenvalue weighted by molar-refractivity contribution is 0.793. The van der Waals surface area contributed by atoms with Crippen LogP contribution in [-0.4, -0.2) is 0 Å². The first-order valence-corrected chi connectivity index (χ1v) is 20.3. The van der Waals surface area contributed by atoms with Crippen LogP contribution in [0.5, 0.6) is 0 Å². The van der Waals surface area contributed by atoms with Crippen LogP contribution in [0.3, 0.4) is 0 Å². The van der Waals surface area contributed by atoms with Gasteiger partial charge in [-0.05, 0) is 129 Å². The number of thiophene rings is 1. The number of para-hydroxylation sites is 3. The van der Waals surface area contributed by atoms with Crippen molar-refractivity contribution >= 4 is 65.6 Å². The highest BCUT2D eigenvalue weighted by Gasteiger charge is 2.52. The maximum Gasteiger partial charge on any atom is 0.0726 e. The van der Waals surface area contributed by atoms with Crippen LogP contribution in [0.2, 0.25) is 0 Å². The molecule has 0 amide bonds. The molecule has 2 aliphatic rings. The third-order valence-electron chi connectivity index (χ3n) is 11.9. The summed E-state index contributed by atoms with van der Waals surface area (Å²) >= 11 is 1.82. The lowest BCUT2D eigenvalue weighted by atomic mass is 9.70. The molecule has 0 bridgehead atoms. The zero-order chi connectivity index (χ0) is 42.6. The van der Waals surface area contributed by atoms with Gasteiger partial charge in [-0.2, -0.15) is 0 Å². The zero-order valence-electron chi connectivity index (χ0n) is 36.2. The van der Waals surface area contributed by atoms with Crippen LogP contribution in [0.4, 0.5) is 34.1 Å². The summed E-state index contributed by atoms with van der Waals surface area (Å²) in [6.07, 6.45) is 0. The second-order valence-electron chi connectivity index (χ2n) is 14.9. The SMILES string of the molecule is [2H]c1c([2H])c([2H])c(N(c2ccccc2)c2ccc3c(c2)-c2ccccc2C32c3ccccc3-c3ccc(N(c4ccccc4)c4ccc5sc6ccccc6c5c4)cc32)c([2H])c1[2H]. The first-order chi connectivity index (χ1) is 30.8. The molecule has 3 heteroatoms. The highest BCUT2D eigenvalue weighted by atomic mass is 32.1. The van der Waals surface area contributed by atoms with E-state index in [1.165, 1.54) is 48.0 Å². The Morgan fingerprint density at radius 1 is 0.345 bits per heavy atom. The predicted octanol–water partition coefficient (Wildman–Crippen LogP) is 15.3. The number of anilines is 6. The van der Waals surface area contributed by atoms with Gasteiger partial charge in [-0.1, -0.05) is 133 Å². The average Bonchev–Trinajstić information content (AvgIpc) is 3.96. The topological polar surface area (TPSA) is 6.48 Å². The molecule has 2 nitrogen and oxygen atoms in total. The fourth-order valence-corrected chi connectivity index (χ4v) is 10.7. The summed E-state index contributed by atoms with van der Waals surface area (Å²) in [5, 5.41) is 2.49. The number of benzene rings is 9. The van der Waals surface area contributed by atoms with Crippen molar-refractivity contribution < 1.29 is 6.85 Å². The van der Waals surface area contributed by atoms with Gasteiger partial charge in [0.2, 0.25) is 0 Å². The third kappa shape index (κ3) is 4.78. The number of hydrogen-bond acceptors (Lipinski definition) is 3. The van der Waals surface area contributed by atoms with Crippen LogP contribution in [0.1, 0.15) is 29.1 Å². The quantitative estimate of drug-likeness (QED) is 0.166. The number of nitrogens with zero attached hydrogens (tertiary/aromatic N) is 2. The van der Waals surface area contributed by atoms with Crippen molar-refractivity contribution in [3.05, 3.63) is 241 Å². The molecular formula is C55H36N2S. The van der Waals surface area contributed by atoms with Gasteiger partial charge in [0.25, 0.3) is 0 Å². The molecule has 0 aliphatic heterocycles. The van der Waals surface area contributed by atoms with Gasteiger partial charge < -0.3 is 9.80 Å². The van der Waals surface area contributed by atoms with Gasteiger partial charge >= 0.3 is 0 Å². The molecule has 1 spiro atoms. The minimum atomic E-state index is -0.670. The fourth-order valence-electron chi connectivity index (χ4n) is 9.62. The fraction of sp³-hybridized carbons (Fsp3) is 0.0182. The van der Waals surface area contributed by atoms with E-state index >= 15 is 0 Å². The first-order valence-electron chi connectivity index (χ1n) is 22.0. The second kappa shape index (κ2) is 12.9. The molecule has 2 aliphatic carbocycles. The van der Waals surface area contributed by atoms with E-state index in [9.17, 15) is 0 Å². The van der Waals surface area contributed by atoms with Crippen molar-refractivity contribution in [3.8, 4) is 22.3 Å². The Labute approximate surface area is 349 Å². The van der Waals surface area contributed by atoms with Gasteiger partial charge in [0.15, 0.2) is 0 Å². The molecule has 1 unspecified atom stereocenters. The van der Waals surface area contributed by atoms with Crippen LogP contribution in [-0.2, 0) is 5.41 Å². The molecule has 58 heavy (non-hydrogen) atoms. The third-order valence-corrected chi connectivity index (χ3v) is 13.1. The largest absolute Gasteiger partial charge is 0.310 e. The van der Waals surface area contributed by atoms with E-state index < -0.39 is 11.5 Å². The standard InChI is InChI=1S/C55H36N2S/c1-4-16-37(17-5-1)56(38-18-6-2-7-19-38)40-29-32-51-47(34-40)44-23-11-14-26-50(44)55(51)49-25-13-10-22-43(49)45-31-28-42(36-52(45)55)57(39-20-8-3-9-21-39)41-30-33-54-48(35-41)46-24-12-15-27-53(46)58-54/h1-36H/i1D,4D,5D,16D,17D. The average molecular weight is 762 g/mol. The Bertz CT molecular complexity index is 3470. The van der Waals surface area contributed by atoms with Crippen LogP contribution in [0, 0.1) is 0 Å². The highest BCUT2D eigenvalue weighted by Crippen LogP contribution is 2.64. The van der Waals surface area contributed by atoms with Crippen molar-refractivity contribution in [1.82, 2.24) is 0 Å². The summed E-state index contributed by atoms with van der Waals surface area (Å²) in [6, 6.07) is 64.6. The van der Waals surface area contributed by atoms with E-state index in [1.807, 2.05) is 47.7 Å². The molecule has 0 N–H and O–H groups in total. The van der Waals surface area contributed by atoms with Crippen molar-refractivity contribution in [2.24, 2.45) is 0 Å². The summed E-state index contributed by atoms with van der Waals surface area (Å²) < 4.78 is 46.2. The predicted molar refractivity (Wildman–Crippen MR) is 245 cm³/mol. The van der Waals surface area contributed by atoms with E-state index in [1.54, 1.807) is 4.90 Å². The van der Waals surface area contributed by atoms with Crippen LogP contribution in [0.15, 0.2) is 218 Å². The van der Waals surface area contributed by atoms with Crippen LogP contribution in [0.25, 0.3) is 42.4 Å². The number of hydrogen-bond donors (Lipinski definition) is 0. The molecule has 1 heterocycles. The summed E-state index contributed by atoms with van der Waals surface area (Å²) in [6.45, 7) is 0. The molecule has 272 valence electrons. The molecular weight excluding hydrogens is 721 g/mol. The summed E-state index contributed by atoms with van der Waals surface area (Å²) in [5.41, 5.74) is 13.2. The van der Waals surface area contributed by atoms with E-state index in [0.29, 0.717) is 11.4 Å². The van der Waals surface area contributed by atoms with Gasteiger partial charge in [-0.15, -0.1) is 11.3 Å². The Kier molecular flexibility index (Phi) is 6.29. The van der Waals surface area contributed by atoms with E-state index in [-0.39, 0.29) is 29.9 Å².